The van der Waals surface area contributed by atoms with E-state index in [1.165, 1.54) is 32.2 Å². The Labute approximate surface area is 93.9 Å². The molecule has 0 aliphatic carbocycles. The minimum Gasteiger partial charge on any atom is -0.397 e. The van der Waals surface area contributed by atoms with Crippen molar-refractivity contribution in [3.63, 3.8) is 0 Å². The Morgan fingerprint density at radius 2 is 2.06 bits per heavy atom. The van der Waals surface area contributed by atoms with Crippen molar-refractivity contribution in [3.8, 4) is 0 Å². The summed E-state index contributed by atoms with van der Waals surface area (Å²) in [6.45, 7) is 2.96. The number of nitrogens with one attached hydrogen (secondary N) is 1. The average Bonchev–Trinajstić information content (AvgIpc) is 2.17. The number of nitrogens with zero attached hydrogens (tertiary/aromatic N) is 1. The first-order valence-electron chi connectivity index (χ1n) is 4.60. The largest absolute Gasteiger partial charge is 0.397 e. The molecule has 7 heteroatoms. The summed E-state index contributed by atoms with van der Waals surface area (Å²) in [4.78, 5) is 15.2. The van der Waals surface area contributed by atoms with Gasteiger partial charge in [0, 0.05) is 0 Å². The molecule has 6 nitrogen and oxygen atoms in total. The first kappa shape index (κ1) is 12.4. The van der Waals surface area contributed by atoms with Crippen molar-refractivity contribution in [1.29, 1.82) is 0 Å². The molecule has 16 heavy (non-hydrogen) atoms. The molecule has 3 N–H and O–H groups in total. The lowest BCUT2D eigenvalue weighted by atomic mass is 10.3. The van der Waals surface area contributed by atoms with Gasteiger partial charge in [0.15, 0.2) is 0 Å². The second kappa shape index (κ2) is 4.48. The van der Waals surface area contributed by atoms with E-state index in [1.54, 1.807) is 0 Å². The highest BCUT2D eigenvalue weighted by Crippen LogP contribution is 2.03. The molecular weight excluding hydrogens is 230 g/mol. The van der Waals surface area contributed by atoms with Gasteiger partial charge in [0.1, 0.15) is 5.69 Å². The Kier molecular flexibility index (Phi) is 3.48. The van der Waals surface area contributed by atoms with Crippen molar-refractivity contribution in [2.75, 3.05) is 5.73 Å². The van der Waals surface area contributed by atoms with Gasteiger partial charge in [0.2, 0.25) is 10.0 Å². The van der Waals surface area contributed by atoms with Crippen LogP contribution in [0.3, 0.4) is 0 Å². The van der Waals surface area contributed by atoms with Gasteiger partial charge in [-0.3, -0.25) is 4.79 Å². The third kappa shape index (κ3) is 2.93. The number of amides is 1. The highest BCUT2D eigenvalue weighted by Gasteiger charge is 2.20. The number of sulfonamides is 1. The van der Waals surface area contributed by atoms with Crippen LogP contribution in [0.1, 0.15) is 24.3 Å². The number of nitrogen functional groups attached to an aromatic ring is 1. The standard InChI is InChI=1S/C9H13N3O3S/c1-6(2)16(14,15)12-9(13)8-4-3-7(10)5-11-8/h3-6H,10H2,1-2H3,(H,12,13). The van der Waals surface area contributed by atoms with Crippen molar-refractivity contribution < 1.29 is 13.2 Å². The molecule has 1 heterocycles. The van der Waals surface area contributed by atoms with E-state index < -0.39 is 21.2 Å². The minimum atomic E-state index is -3.63. The minimum absolute atomic E-state index is 0.0124. The fourth-order valence-electron chi connectivity index (χ4n) is 0.839. The lowest BCUT2D eigenvalue weighted by Gasteiger charge is -2.08. The van der Waals surface area contributed by atoms with Crippen LogP contribution in [-0.4, -0.2) is 24.6 Å². The summed E-state index contributed by atoms with van der Waals surface area (Å²) >= 11 is 0. The highest BCUT2D eigenvalue weighted by molar-refractivity contribution is 7.90. The zero-order chi connectivity index (χ0) is 12.3. The molecule has 1 amide bonds. The van der Waals surface area contributed by atoms with Gasteiger partial charge in [0.25, 0.3) is 5.91 Å². The van der Waals surface area contributed by atoms with Crippen LogP contribution < -0.4 is 10.5 Å². The van der Waals surface area contributed by atoms with Crippen molar-refractivity contribution in [3.05, 3.63) is 24.0 Å². The van der Waals surface area contributed by atoms with E-state index in [9.17, 15) is 13.2 Å². The maximum absolute atomic E-state index is 11.5. The number of pyridine rings is 1. The lowest BCUT2D eigenvalue weighted by Crippen LogP contribution is -2.36. The molecule has 0 aliphatic heterocycles. The Morgan fingerprint density at radius 3 is 2.50 bits per heavy atom. The molecule has 0 radical (unpaired) electrons. The Morgan fingerprint density at radius 1 is 1.44 bits per heavy atom. The van der Waals surface area contributed by atoms with Crippen LogP contribution in [0.15, 0.2) is 18.3 Å². The second-order valence-electron chi connectivity index (χ2n) is 3.50. The quantitative estimate of drug-likeness (QED) is 0.785. The normalized spacial score (nSPS) is 11.4. The first-order chi connectivity index (χ1) is 7.33. The third-order valence-electron chi connectivity index (χ3n) is 1.87. The summed E-state index contributed by atoms with van der Waals surface area (Å²) < 4.78 is 24.7. The molecule has 1 aromatic heterocycles. The second-order valence-corrected chi connectivity index (χ2v) is 5.74. The van der Waals surface area contributed by atoms with Gasteiger partial charge in [0.05, 0.1) is 17.1 Å². The summed E-state index contributed by atoms with van der Waals surface area (Å²) in [5, 5.41) is -0.676. The van der Waals surface area contributed by atoms with E-state index in [0.717, 1.165) is 0 Å². The van der Waals surface area contributed by atoms with Crippen LogP contribution in [0.5, 0.6) is 0 Å². The zero-order valence-electron chi connectivity index (χ0n) is 8.97. The van der Waals surface area contributed by atoms with Gasteiger partial charge < -0.3 is 5.73 Å². The number of anilines is 1. The van der Waals surface area contributed by atoms with Crippen LogP contribution in [0.25, 0.3) is 0 Å². The molecule has 0 spiro atoms. The SMILES string of the molecule is CC(C)S(=O)(=O)NC(=O)c1ccc(N)cn1. The third-order valence-corrected chi connectivity index (χ3v) is 3.59. The Hall–Kier alpha value is -1.63. The molecule has 0 saturated carbocycles. The molecular formula is C9H13N3O3S. The van der Waals surface area contributed by atoms with E-state index in [1.807, 2.05) is 4.72 Å². The van der Waals surface area contributed by atoms with E-state index >= 15 is 0 Å². The predicted octanol–water partition coefficient (Wildman–Crippen LogP) is 0.132. The molecule has 0 aliphatic rings. The van der Waals surface area contributed by atoms with Gasteiger partial charge >= 0.3 is 0 Å². The molecule has 0 fully saturated rings. The van der Waals surface area contributed by atoms with Gasteiger partial charge in [-0.1, -0.05) is 0 Å². The van der Waals surface area contributed by atoms with Gasteiger partial charge in [-0.25, -0.2) is 18.1 Å². The average molecular weight is 243 g/mol. The van der Waals surface area contributed by atoms with Crippen LogP contribution in [0.4, 0.5) is 5.69 Å². The highest BCUT2D eigenvalue weighted by atomic mass is 32.2. The fraction of sp³-hybridized carbons (Fsp3) is 0.333. The summed E-state index contributed by atoms with van der Waals surface area (Å²) in [7, 11) is -3.63. The predicted molar refractivity (Wildman–Crippen MR) is 60.2 cm³/mol. The van der Waals surface area contributed by atoms with Gasteiger partial charge in [-0.2, -0.15) is 0 Å². The van der Waals surface area contributed by atoms with Crippen molar-refractivity contribution in [2.24, 2.45) is 0 Å². The van der Waals surface area contributed by atoms with Gasteiger partial charge in [-0.15, -0.1) is 0 Å². The number of carbonyl (C=O) groups excluding carboxylic acids is 1. The lowest BCUT2D eigenvalue weighted by molar-refractivity contribution is 0.0976. The molecule has 0 atom stereocenters. The van der Waals surface area contributed by atoms with Crippen LogP contribution in [-0.2, 0) is 10.0 Å². The van der Waals surface area contributed by atoms with E-state index in [2.05, 4.69) is 4.98 Å². The van der Waals surface area contributed by atoms with E-state index in [4.69, 9.17) is 5.73 Å². The molecule has 0 aromatic carbocycles. The molecule has 0 unspecified atom stereocenters. The molecule has 88 valence electrons. The fourth-order valence-corrected chi connectivity index (χ4v) is 1.44. The summed E-state index contributed by atoms with van der Waals surface area (Å²) in [5.41, 5.74) is 5.81. The summed E-state index contributed by atoms with van der Waals surface area (Å²) in [6, 6.07) is 2.84. The van der Waals surface area contributed by atoms with Crippen LogP contribution >= 0.6 is 0 Å². The zero-order valence-corrected chi connectivity index (χ0v) is 9.78. The summed E-state index contributed by atoms with van der Waals surface area (Å²) in [5.74, 6) is -0.756. The Bertz CT molecular complexity index is 479. The van der Waals surface area contributed by atoms with Crippen LogP contribution in [0.2, 0.25) is 0 Å². The van der Waals surface area contributed by atoms with Crippen molar-refractivity contribution in [2.45, 2.75) is 19.1 Å². The molecule has 0 saturated heterocycles. The number of hydrogen-bond acceptors (Lipinski definition) is 5. The van der Waals surface area contributed by atoms with Crippen LogP contribution in [0, 0.1) is 0 Å². The number of aromatic nitrogens is 1. The van der Waals surface area contributed by atoms with Crippen molar-refractivity contribution >= 4 is 21.6 Å². The maximum Gasteiger partial charge on any atom is 0.283 e. The number of hydrogen-bond donors (Lipinski definition) is 2. The maximum atomic E-state index is 11.5. The number of rotatable bonds is 3. The van der Waals surface area contributed by atoms with E-state index in [-0.39, 0.29) is 5.69 Å². The topological polar surface area (TPSA) is 102 Å². The number of nitrogens with two attached hydrogens (primary N) is 1. The Balaban J connectivity index is 2.85. The monoisotopic (exact) mass is 243 g/mol. The van der Waals surface area contributed by atoms with E-state index in [0.29, 0.717) is 5.69 Å². The molecule has 1 aromatic rings. The number of carbonyl (C=O) groups is 1. The smallest absolute Gasteiger partial charge is 0.283 e. The molecule has 1 rings (SSSR count). The van der Waals surface area contributed by atoms with Crippen molar-refractivity contribution in [1.82, 2.24) is 9.71 Å². The van der Waals surface area contributed by atoms with Gasteiger partial charge in [-0.05, 0) is 26.0 Å². The summed E-state index contributed by atoms with van der Waals surface area (Å²) in [6.07, 6.45) is 1.29. The molecule has 0 bridgehead atoms. The first-order valence-corrected chi connectivity index (χ1v) is 6.15.